The van der Waals surface area contributed by atoms with Crippen molar-refractivity contribution in [3.05, 3.63) is 34.3 Å². The molecule has 0 aliphatic heterocycles. The predicted molar refractivity (Wildman–Crippen MR) is 36.7 cm³/mol. The Morgan fingerprint density at radius 2 is 1.83 bits per heavy atom. The smallest absolute Gasteiger partial charge is 0.166 e. The van der Waals surface area contributed by atoms with E-state index >= 15 is 0 Å². The molecule has 0 fully saturated rings. The van der Waals surface area contributed by atoms with E-state index < -0.39 is 11.7 Å². The summed E-state index contributed by atoms with van der Waals surface area (Å²) in [6, 6.07) is 3.39. The Labute approximate surface area is 73.0 Å². The molecule has 0 saturated carbocycles. The van der Waals surface area contributed by atoms with E-state index in [0.717, 1.165) is 12.1 Å². The summed E-state index contributed by atoms with van der Waals surface area (Å²) in [5.74, 6) is 0. The van der Waals surface area contributed by atoms with Crippen molar-refractivity contribution in [2.24, 2.45) is 0 Å². The molecule has 1 aromatic carbocycles. The van der Waals surface area contributed by atoms with E-state index in [1.54, 1.807) is 6.92 Å². The number of alkyl halides is 3. The molecular weight excluding hydrogens is 189 g/mol. The van der Waals surface area contributed by atoms with Crippen LogP contribution in [0.2, 0.25) is 5.02 Å². The van der Waals surface area contributed by atoms with Crippen LogP contribution in [0.5, 0.6) is 0 Å². The highest BCUT2D eigenvalue weighted by Crippen LogP contribution is 2.30. The Balaban J connectivity index is 3.14. The maximum absolute atomic E-state index is 12.1. The molecule has 0 aromatic heterocycles. The van der Waals surface area contributed by atoms with Gasteiger partial charge in [-0.3, -0.25) is 0 Å². The summed E-state index contributed by atoms with van der Waals surface area (Å²) in [6.45, 7) is 1.68. The predicted octanol–water partition coefficient (Wildman–Crippen LogP) is 2.71. The Bertz CT molecular complexity index is 291. The molecule has 0 bridgehead atoms. The van der Waals surface area contributed by atoms with Gasteiger partial charge >= 0.3 is 6.18 Å². The molecule has 0 aliphatic carbocycles. The van der Waals surface area contributed by atoms with Crippen LogP contribution in [-0.2, 0) is 6.18 Å². The fraction of sp³-hybridized carbons (Fsp3) is 0.250. The third-order valence-electron chi connectivity index (χ3n) is 1.52. The van der Waals surface area contributed by atoms with E-state index in [4.69, 9.17) is 11.6 Å². The first-order chi connectivity index (χ1) is 5.41. The SMILES string of the molecule is Cc1ccc(C(F)(F)F)cc1[ClH+]. The monoisotopic (exact) mass is 195 g/mol. The van der Waals surface area contributed by atoms with Crippen LogP contribution < -0.4 is 0 Å². The summed E-state index contributed by atoms with van der Waals surface area (Å²) in [7, 11) is 0. The van der Waals surface area contributed by atoms with E-state index in [-0.39, 0.29) is 5.02 Å². The van der Waals surface area contributed by atoms with Crippen molar-refractivity contribution in [2.45, 2.75) is 13.1 Å². The first-order valence-corrected chi connectivity index (χ1v) is 3.67. The molecule has 0 heterocycles. The molecule has 0 aliphatic rings. The molecule has 0 atom stereocenters. The Morgan fingerprint density at radius 1 is 1.25 bits per heavy atom. The van der Waals surface area contributed by atoms with Gasteiger partial charge in [0.05, 0.1) is 5.56 Å². The molecule has 0 saturated heterocycles. The van der Waals surface area contributed by atoms with Gasteiger partial charge in [-0.15, -0.1) is 0 Å². The van der Waals surface area contributed by atoms with Gasteiger partial charge in [0.25, 0.3) is 0 Å². The summed E-state index contributed by atoms with van der Waals surface area (Å²) < 4.78 is 36.2. The molecule has 12 heavy (non-hydrogen) atoms. The van der Waals surface area contributed by atoms with E-state index in [2.05, 4.69) is 0 Å². The molecule has 4 heteroatoms. The molecule has 0 amide bonds. The second-order valence-electron chi connectivity index (χ2n) is 2.48. The lowest BCUT2D eigenvalue weighted by atomic mass is 10.1. The summed E-state index contributed by atoms with van der Waals surface area (Å²) in [6.07, 6.45) is -4.29. The zero-order valence-corrected chi connectivity index (χ0v) is 7.09. The van der Waals surface area contributed by atoms with Crippen molar-refractivity contribution in [1.82, 2.24) is 0 Å². The van der Waals surface area contributed by atoms with Crippen LogP contribution in [0.15, 0.2) is 18.2 Å². The fourth-order valence-corrected chi connectivity index (χ4v) is 0.971. The van der Waals surface area contributed by atoms with E-state index in [1.165, 1.54) is 6.07 Å². The van der Waals surface area contributed by atoms with Gasteiger partial charge in [-0.2, -0.15) is 13.2 Å². The Morgan fingerprint density at radius 3 is 2.25 bits per heavy atom. The molecule has 0 radical (unpaired) electrons. The van der Waals surface area contributed by atoms with Crippen molar-refractivity contribution < 1.29 is 24.8 Å². The van der Waals surface area contributed by atoms with Crippen LogP contribution in [0.4, 0.5) is 13.2 Å². The summed E-state index contributed by atoms with van der Waals surface area (Å²) in [5.41, 5.74) is 0.0103. The van der Waals surface area contributed by atoms with Gasteiger partial charge in [-0.1, -0.05) is 6.07 Å². The zero-order valence-electron chi connectivity index (χ0n) is 6.27. The minimum Gasteiger partial charge on any atom is -0.166 e. The molecule has 0 spiro atoms. The van der Waals surface area contributed by atoms with Crippen LogP contribution in [0, 0.1) is 18.5 Å². The Hall–Kier alpha value is -0.700. The number of aryl methyl sites for hydroxylation is 1. The van der Waals surface area contributed by atoms with Gasteiger partial charge in [0.15, 0.2) is 11.6 Å². The van der Waals surface area contributed by atoms with Crippen LogP contribution in [0.1, 0.15) is 11.1 Å². The summed E-state index contributed by atoms with van der Waals surface area (Å²) in [5, 5.41) is 0.254. The standard InChI is InChI=1S/C8H7ClF3/c1-5-2-3-6(4-7(5)9)8(10,11)12/h2-4,9H,1H3/q+1. The maximum Gasteiger partial charge on any atom is 0.416 e. The highest BCUT2D eigenvalue weighted by atomic mass is 35.5. The van der Waals surface area contributed by atoms with Crippen LogP contribution in [0.25, 0.3) is 0 Å². The Kier molecular flexibility index (Phi) is 2.33. The average Bonchev–Trinajstić information content (AvgIpc) is 1.92. The largest absolute Gasteiger partial charge is 0.416 e. The third-order valence-corrected chi connectivity index (χ3v) is 1.96. The normalized spacial score (nSPS) is 11.8. The number of hydrogen-bond acceptors (Lipinski definition) is 0. The van der Waals surface area contributed by atoms with Crippen molar-refractivity contribution in [3.63, 3.8) is 0 Å². The van der Waals surface area contributed by atoms with E-state index in [0.29, 0.717) is 5.56 Å². The number of rotatable bonds is 0. The van der Waals surface area contributed by atoms with Gasteiger partial charge in [-0.25, -0.2) is 0 Å². The van der Waals surface area contributed by atoms with Crippen molar-refractivity contribution in [1.29, 1.82) is 0 Å². The van der Waals surface area contributed by atoms with Gasteiger partial charge in [0.1, 0.15) is 0 Å². The third kappa shape index (κ3) is 1.91. The minimum atomic E-state index is -4.29. The van der Waals surface area contributed by atoms with Crippen LogP contribution >= 0.6 is 0 Å². The lowest BCUT2D eigenvalue weighted by Crippen LogP contribution is -2.04. The first kappa shape index (κ1) is 9.39. The average molecular weight is 196 g/mol. The fourth-order valence-electron chi connectivity index (χ4n) is 0.776. The van der Waals surface area contributed by atoms with Crippen LogP contribution in [-0.4, -0.2) is 0 Å². The minimum absolute atomic E-state index is 0.254. The van der Waals surface area contributed by atoms with Gasteiger partial charge < -0.3 is 0 Å². The lowest BCUT2D eigenvalue weighted by molar-refractivity contribution is -0.290. The second kappa shape index (κ2) is 2.98. The quantitative estimate of drug-likeness (QED) is 0.597. The van der Waals surface area contributed by atoms with E-state index in [9.17, 15) is 13.2 Å². The number of halogens is 4. The van der Waals surface area contributed by atoms with Gasteiger partial charge in [0, 0.05) is 11.6 Å². The van der Waals surface area contributed by atoms with Crippen molar-refractivity contribution in [3.8, 4) is 0 Å². The summed E-state index contributed by atoms with van der Waals surface area (Å²) in [4.78, 5) is 0. The molecule has 1 aromatic rings. The van der Waals surface area contributed by atoms with Crippen molar-refractivity contribution in [2.75, 3.05) is 0 Å². The molecule has 0 nitrogen and oxygen atoms in total. The second-order valence-corrected chi connectivity index (χ2v) is 2.92. The molecule has 0 unspecified atom stereocenters. The number of benzene rings is 1. The lowest BCUT2D eigenvalue weighted by Gasteiger charge is -2.05. The maximum atomic E-state index is 12.1. The highest BCUT2D eigenvalue weighted by molar-refractivity contribution is 5.29. The molecular formula is C8H7ClF3+. The summed E-state index contributed by atoms with van der Waals surface area (Å²) >= 11 is 4.71. The topological polar surface area (TPSA) is 0 Å². The highest BCUT2D eigenvalue weighted by Gasteiger charge is 2.31. The number of hydrogen-bond donors (Lipinski definition) is 0. The molecule has 1 rings (SSSR count). The first-order valence-electron chi connectivity index (χ1n) is 3.26. The molecule has 0 N–H and O–H groups in total. The van der Waals surface area contributed by atoms with Crippen LogP contribution in [0.3, 0.4) is 0 Å². The molecule has 66 valence electrons. The zero-order chi connectivity index (χ0) is 9.35. The van der Waals surface area contributed by atoms with E-state index in [1.807, 2.05) is 0 Å². The van der Waals surface area contributed by atoms with Gasteiger partial charge in [0.2, 0.25) is 5.02 Å². The van der Waals surface area contributed by atoms with Crippen molar-refractivity contribution >= 4 is 0 Å². The van der Waals surface area contributed by atoms with Gasteiger partial charge in [-0.05, 0) is 13.0 Å².